The Morgan fingerprint density at radius 2 is 2.00 bits per heavy atom. The molecule has 102 valence electrons. The first kappa shape index (κ1) is 14.0. The number of aryl methyl sites for hydroxylation is 1. The summed E-state index contributed by atoms with van der Waals surface area (Å²) in [4.78, 5) is 6.47. The standard InChI is InChI=1S/C14H25N3S/c1-10-5-6-18-14(10)13(7-15)17-8-11(2)16(4)12(3)9-17/h5-6,11-13H,7-9,15H2,1-4H3. The first-order chi connectivity index (χ1) is 8.54. The minimum absolute atomic E-state index is 0.392. The number of rotatable bonds is 3. The van der Waals surface area contributed by atoms with Gasteiger partial charge in [-0.3, -0.25) is 9.80 Å². The Balaban J connectivity index is 2.17. The molecule has 3 unspecified atom stereocenters. The van der Waals surface area contributed by atoms with Gasteiger partial charge in [0.1, 0.15) is 0 Å². The molecule has 3 atom stereocenters. The van der Waals surface area contributed by atoms with Gasteiger partial charge in [0, 0.05) is 36.6 Å². The molecule has 1 aliphatic rings. The number of nitrogens with two attached hydrogens (primary N) is 1. The first-order valence-corrected chi connectivity index (χ1v) is 7.62. The largest absolute Gasteiger partial charge is 0.329 e. The minimum Gasteiger partial charge on any atom is -0.329 e. The van der Waals surface area contributed by atoms with E-state index in [1.165, 1.54) is 10.4 Å². The molecule has 3 nitrogen and oxygen atoms in total. The molecule has 1 fully saturated rings. The number of piperazine rings is 1. The molecule has 2 rings (SSSR count). The van der Waals surface area contributed by atoms with Crippen molar-refractivity contribution in [2.24, 2.45) is 5.73 Å². The molecular weight excluding hydrogens is 242 g/mol. The number of likely N-dealkylation sites (N-methyl/N-ethyl adjacent to an activating group) is 1. The fourth-order valence-corrected chi connectivity index (χ4v) is 3.92. The second kappa shape index (κ2) is 5.70. The Morgan fingerprint density at radius 3 is 2.44 bits per heavy atom. The molecule has 1 aromatic heterocycles. The van der Waals surface area contributed by atoms with E-state index in [0.717, 1.165) is 13.1 Å². The molecule has 0 amide bonds. The SMILES string of the molecule is Cc1ccsc1C(CN)N1CC(C)N(C)C(C)C1. The predicted octanol–water partition coefficient (Wildman–Crippen LogP) is 2.08. The lowest BCUT2D eigenvalue weighted by Crippen LogP contribution is -2.56. The highest BCUT2D eigenvalue weighted by Crippen LogP contribution is 2.30. The zero-order valence-electron chi connectivity index (χ0n) is 11.9. The molecule has 2 heterocycles. The molecule has 0 bridgehead atoms. The second-order valence-corrected chi connectivity index (χ2v) is 6.48. The van der Waals surface area contributed by atoms with Gasteiger partial charge in [-0.1, -0.05) is 0 Å². The Bertz CT molecular complexity index is 378. The van der Waals surface area contributed by atoms with E-state index < -0.39 is 0 Å². The highest BCUT2D eigenvalue weighted by atomic mass is 32.1. The van der Waals surface area contributed by atoms with Crippen LogP contribution >= 0.6 is 11.3 Å². The van der Waals surface area contributed by atoms with E-state index in [1.54, 1.807) is 0 Å². The average Bonchev–Trinajstić information content (AvgIpc) is 2.74. The number of hydrogen-bond acceptors (Lipinski definition) is 4. The summed E-state index contributed by atoms with van der Waals surface area (Å²) in [6, 6.07) is 3.79. The van der Waals surface area contributed by atoms with Gasteiger partial charge in [0.15, 0.2) is 0 Å². The maximum absolute atomic E-state index is 6.04. The van der Waals surface area contributed by atoms with Crippen LogP contribution in [0.5, 0.6) is 0 Å². The van der Waals surface area contributed by atoms with Crippen LogP contribution in [0.1, 0.15) is 30.3 Å². The highest BCUT2D eigenvalue weighted by Gasteiger charge is 2.31. The van der Waals surface area contributed by atoms with Gasteiger partial charge in [-0.2, -0.15) is 0 Å². The van der Waals surface area contributed by atoms with Gasteiger partial charge in [-0.05, 0) is 44.8 Å². The third kappa shape index (κ3) is 2.62. The molecule has 0 aliphatic carbocycles. The molecule has 0 spiro atoms. The van der Waals surface area contributed by atoms with Crippen LogP contribution in [0.3, 0.4) is 0 Å². The third-order valence-electron chi connectivity index (χ3n) is 4.26. The normalized spacial score (nSPS) is 28.5. The molecule has 1 aliphatic heterocycles. The Kier molecular flexibility index (Phi) is 4.43. The van der Waals surface area contributed by atoms with Gasteiger partial charge in [0.2, 0.25) is 0 Å². The van der Waals surface area contributed by atoms with Crippen LogP contribution in [0.2, 0.25) is 0 Å². The first-order valence-electron chi connectivity index (χ1n) is 6.74. The lowest BCUT2D eigenvalue weighted by atomic mass is 10.0. The lowest BCUT2D eigenvalue weighted by molar-refractivity contribution is 0.0359. The molecule has 0 aromatic carbocycles. The van der Waals surface area contributed by atoms with Crippen molar-refractivity contribution in [1.29, 1.82) is 0 Å². The monoisotopic (exact) mass is 267 g/mol. The lowest BCUT2D eigenvalue weighted by Gasteiger charge is -2.45. The van der Waals surface area contributed by atoms with Crippen LogP contribution in [0.4, 0.5) is 0 Å². The van der Waals surface area contributed by atoms with Gasteiger partial charge < -0.3 is 5.73 Å². The molecule has 18 heavy (non-hydrogen) atoms. The Labute approximate surface area is 115 Å². The van der Waals surface area contributed by atoms with Crippen molar-refractivity contribution in [1.82, 2.24) is 9.80 Å². The van der Waals surface area contributed by atoms with Crippen molar-refractivity contribution in [3.8, 4) is 0 Å². The van der Waals surface area contributed by atoms with E-state index in [9.17, 15) is 0 Å². The van der Waals surface area contributed by atoms with Gasteiger partial charge in [0.05, 0.1) is 6.04 Å². The van der Waals surface area contributed by atoms with Crippen molar-refractivity contribution in [2.75, 3.05) is 26.7 Å². The summed E-state index contributed by atoms with van der Waals surface area (Å²) in [7, 11) is 2.22. The van der Waals surface area contributed by atoms with Gasteiger partial charge in [-0.15, -0.1) is 11.3 Å². The van der Waals surface area contributed by atoms with E-state index in [-0.39, 0.29) is 0 Å². The molecule has 0 saturated carbocycles. The van der Waals surface area contributed by atoms with Crippen molar-refractivity contribution >= 4 is 11.3 Å². The molecule has 0 radical (unpaired) electrons. The van der Waals surface area contributed by atoms with Gasteiger partial charge >= 0.3 is 0 Å². The van der Waals surface area contributed by atoms with Crippen LogP contribution in [0.15, 0.2) is 11.4 Å². The van der Waals surface area contributed by atoms with E-state index in [2.05, 4.69) is 49.1 Å². The molecule has 1 saturated heterocycles. The summed E-state index contributed by atoms with van der Waals surface area (Å²) >= 11 is 1.84. The molecule has 2 N–H and O–H groups in total. The smallest absolute Gasteiger partial charge is 0.0568 e. The van der Waals surface area contributed by atoms with Gasteiger partial charge in [0.25, 0.3) is 0 Å². The Morgan fingerprint density at radius 1 is 1.39 bits per heavy atom. The fraction of sp³-hybridized carbons (Fsp3) is 0.714. The van der Waals surface area contributed by atoms with Crippen molar-refractivity contribution in [3.05, 3.63) is 21.9 Å². The maximum Gasteiger partial charge on any atom is 0.0568 e. The van der Waals surface area contributed by atoms with Crippen molar-refractivity contribution < 1.29 is 0 Å². The zero-order valence-corrected chi connectivity index (χ0v) is 12.7. The van der Waals surface area contributed by atoms with Crippen LogP contribution in [-0.2, 0) is 0 Å². The van der Waals surface area contributed by atoms with E-state index in [1.807, 2.05) is 11.3 Å². The number of nitrogens with zero attached hydrogens (tertiary/aromatic N) is 2. The summed E-state index contributed by atoms with van der Waals surface area (Å²) in [6.07, 6.45) is 0. The summed E-state index contributed by atoms with van der Waals surface area (Å²) in [5, 5.41) is 2.18. The van der Waals surface area contributed by atoms with Crippen LogP contribution in [0.25, 0.3) is 0 Å². The Hall–Kier alpha value is -0.420. The zero-order chi connectivity index (χ0) is 13.3. The molecule has 4 heteroatoms. The fourth-order valence-electron chi connectivity index (χ4n) is 2.85. The van der Waals surface area contributed by atoms with E-state index in [4.69, 9.17) is 5.73 Å². The second-order valence-electron chi connectivity index (χ2n) is 5.54. The topological polar surface area (TPSA) is 32.5 Å². The highest BCUT2D eigenvalue weighted by molar-refractivity contribution is 7.10. The van der Waals surface area contributed by atoms with Crippen molar-refractivity contribution in [2.45, 2.75) is 38.9 Å². The predicted molar refractivity (Wildman–Crippen MR) is 79.1 cm³/mol. The quantitative estimate of drug-likeness (QED) is 0.910. The van der Waals surface area contributed by atoms with E-state index in [0.29, 0.717) is 24.7 Å². The average molecular weight is 267 g/mol. The van der Waals surface area contributed by atoms with E-state index >= 15 is 0 Å². The summed E-state index contributed by atoms with van der Waals surface area (Å²) in [6.45, 7) is 9.73. The summed E-state index contributed by atoms with van der Waals surface area (Å²) in [5.41, 5.74) is 7.42. The maximum atomic E-state index is 6.04. The summed E-state index contributed by atoms with van der Waals surface area (Å²) < 4.78 is 0. The van der Waals surface area contributed by atoms with Gasteiger partial charge in [-0.25, -0.2) is 0 Å². The minimum atomic E-state index is 0.392. The van der Waals surface area contributed by atoms with Crippen LogP contribution < -0.4 is 5.73 Å². The molecule has 1 aromatic rings. The van der Waals surface area contributed by atoms with Crippen molar-refractivity contribution in [3.63, 3.8) is 0 Å². The van der Waals surface area contributed by atoms with Crippen LogP contribution in [-0.4, -0.2) is 48.6 Å². The van der Waals surface area contributed by atoms with Crippen LogP contribution in [0, 0.1) is 6.92 Å². The summed E-state index contributed by atoms with van der Waals surface area (Å²) in [5.74, 6) is 0. The number of hydrogen-bond donors (Lipinski definition) is 1. The number of thiophene rings is 1. The third-order valence-corrected chi connectivity index (χ3v) is 5.38. The molecular formula is C14H25N3S.